The molecular weight excluding hydrogens is 262 g/mol. The molecule has 0 aromatic rings. The molecule has 0 aliphatic carbocycles. The fourth-order valence-electron chi connectivity index (χ4n) is 1.84. The zero-order chi connectivity index (χ0) is 13.3. The van der Waals surface area contributed by atoms with Crippen LogP contribution in [0.25, 0.3) is 0 Å². The van der Waals surface area contributed by atoms with Gasteiger partial charge in [0.25, 0.3) is 0 Å². The van der Waals surface area contributed by atoms with Crippen molar-refractivity contribution >= 4 is 19.9 Å². The molecule has 1 heterocycles. The molecule has 102 valence electrons. The molecule has 1 fully saturated rings. The third-order valence-electron chi connectivity index (χ3n) is 2.74. The normalized spacial score (nSPS) is 19.5. The van der Waals surface area contributed by atoms with Crippen LogP contribution in [0.2, 0.25) is 0 Å². The first-order chi connectivity index (χ1) is 7.69. The molecule has 0 bridgehead atoms. The van der Waals surface area contributed by atoms with E-state index in [2.05, 4.69) is 0 Å². The van der Waals surface area contributed by atoms with Crippen LogP contribution in [0.1, 0.15) is 27.2 Å². The first kappa shape index (κ1) is 14.9. The maximum absolute atomic E-state index is 11.8. The molecule has 0 unspecified atom stereocenters. The molecule has 5 nitrogen and oxygen atoms in total. The van der Waals surface area contributed by atoms with Gasteiger partial charge < -0.3 is 0 Å². The molecule has 0 amide bonds. The summed E-state index contributed by atoms with van der Waals surface area (Å²) >= 11 is 0. The van der Waals surface area contributed by atoms with Gasteiger partial charge in [0.1, 0.15) is 0 Å². The van der Waals surface area contributed by atoms with Gasteiger partial charge in [0, 0.05) is 13.1 Å². The van der Waals surface area contributed by atoms with Crippen molar-refractivity contribution in [2.24, 2.45) is 5.92 Å². The van der Waals surface area contributed by atoms with Crippen LogP contribution in [0.15, 0.2) is 0 Å². The van der Waals surface area contributed by atoms with Crippen molar-refractivity contribution in [2.45, 2.75) is 32.4 Å². The molecule has 17 heavy (non-hydrogen) atoms. The zero-order valence-electron chi connectivity index (χ0n) is 10.6. The van der Waals surface area contributed by atoms with Crippen molar-refractivity contribution in [3.05, 3.63) is 0 Å². The Kier molecular flexibility index (Phi) is 4.60. The quantitative estimate of drug-likeness (QED) is 0.711. The van der Waals surface area contributed by atoms with Gasteiger partial charge in [-0.25, -0.2) is 16.8 Å². The van der Waals surface area contributed by atoms with E-state index in [1.807, 2.05) is 13.8 Å². The number of nitrogens with zero attached hydrogens (tertiary/aromatic N) is 1. The minimum absolute atomic E-state index is 0.0845. The molecule has 7 heteroatoms. The van der Waals surface area contributed by atoms with Crippen LogP contribution in [0.3, 0.4) is 0 Å². The van der Waals surface area contributed by atoms with Crippen molar-refractivity contribution in [3.8, 4) is 0 Å². The number of hydrogen-bond donors (Lipinski definition) is 0. The summed E-state index contributed by atoms with van der Waals surface area (Å²) in [4.78, 5) is 0. The van der Waals surface area contributed by atoms with E-state index in [-0.39, 0.29) is 30.5 Å². The van der Waals surface area contributed by atoms with E-state index in [4.69, 9.17) is 0 Å². The van der Waals surface area contributed by atoms with E-state index < -0.39 is 25.1 Å². The molecule has 0 radical (unpaired) electrons. The minimum atomic E-state index is -3.23. The molecule has 0 N–H and O–H groups in total. The SMILES string of the molecule is CCCS(=O)(=O)N1CC(S(=O)(=O)CC(C)C)C1. The van der Waals surface area contributed by atoms with Crippen molar-refractivity contribution in [2.75, 3.05) is 24.6 Å². The standard InChI is InChI=1S/C10H21NO4S2/c1-4-5-17(14,15)11-6-10(7-11)16(12,13)8-9(2)3/h9-10H,4-8H2,1-3H3. The second kappa shape index (κ2) is 5.24. The van der Waals surface area contributed by atoms with Crippen LogP contribution >= 0.6 is 0 Å². The van der Waals surface area contributed by atoms with Crippen LogP contribution in [-0.2, 0) is 19.9 Å². The van der Waals surface area contributed by atoms with E-state index in [1.165, 1.54) is 4.31 Å². The van der Waals surface area contributed by atoms with Crippen LogP contribution < -0.4 is 0 Å². The summed E-state index contributed by atoms with van der Waals surface area (Å²) in [6.45, 7) is 5.77. The largest absolute Gasteiger partial charge is 0.228 e. The average Bonchev–Trinajstić information content (AvgIpc) is 1.94. The zero-order valence-corrected chi connectivity index (χ0v) is 12.2. The smallest absolute Gasteiger partial charge is 0.214 e. The summed E-state index contributed by atoms with van der Waals surface area (Å²) in [5.74, 6) is 0.324. The molecule has 0 saturated carbocycles. The van der Waals surface area contributed by atoms with E-state index in [0.29, 0.717) is 6.42 Å². The highest BCUT2D eigenvalue weighted by Gasteiger charge is 2.42. The van der Waals surface area contributed by atoms with Crippen LogP contribution in [0, 0.1) is 5.92 Å². The van der Waals surface area contributed by atoms with Crippen molar-refractivity contribution in [1.29, 1.82) is 0 Å². The van der Waals surface area contributed by atoms with Gasteiger partial charge in [-0.05, 0) is 12.3 Å². The summed E-state index contributed by atoms with van der Waals surface area (Å²) in [6.07, 6.45) is 0.558. The van der Waals surface area contributed by atoms with E-state index in [9.17, 15) is 16.8 Å². The predicted octanol–water partition coefficient (Wildman–Crippen LogP) is 0.481. The van der Waals surface area contributed by atoms with Gasteiger partial charge in [0.15, 0.2) is 9.84 Å². The molecule has 0 aromatic heterocycles. The molecule has 0 aromatic carbocycles. The van der Waals surface area contributed by atoms with Crippen LogP contribution in [-0.4, -0.2) is 51.0 Å². The summed E-state index contributed by atoms with van der Waals surface area (Å²) in [7, 11) is -6.36. The van der Waals surface area contributed by atoms with E-state index in [1.54, 1.807) is 6.92 Å². The van der Waals surface area contributed by atoms with E-state index >= 15 is 0 Å². The lowest BCUT2D eigenvalue weighted by Gasteiger charge is -2.37. The van der Waals surface area contributed by atoms with Crippen molar-refractivity contribution in [1.82, 2.24) is 4.31 Å². The third-order valence-corrected chi connectivity index (χ3v) is 7.20. The molecule has 1 aliphatic heterocycles. The lowest BCUT2D eigenvalue weighted by atomic mass is 10.3. The maximum atomic E-state index is 11.8. The number of sulfonamides is 1. The van der Waals surface area contributed by atoms with E-state index in [0.717, 1.165) is 0 Å². The van der Waals surface area contributed by atoms with Crippen molar-refractivity contribution < 1.29 is 16.8 Å². The topological polar surface area (TPSA) is 71.5 Å². The van der Waals surface area contributed by atoms with Gasteiger partial charge in [0.05, 0.1) is 16.8 Å². The lowest BCUT2D eigenvalue weighted by molar-refractivity contribution is 0.309. The second-order valence-corrected chi connectivity index (χ2v) is 9.39. The fourth-order valence-corrected chi connectivity index (χ4v) is 5.64. The molecule has 1 saturated heterocycles. The van der Waals surface area contributed by atoms with Crippen LogP contribution in [0.5, 0.6) is 0 Å². The summed E-state index contributed by atoms with van der Waals surface area (Å²) in [5, 5.41) is -0.503. The predicted molar refractivity (Wildman–Crippen MR) is 68.1 cm³/mol. The fraction of sp³-hybridized carbons (Fsp3) is 1.00. The first-order valence-electron chi connectivity index (χ1n) is 5.88. The molecular formula is C10H21NO4S2. The first-order valence-corrected chi connectivity index (χ1v) is 9.21. The van der Waals surface area contributed by atoms with Gasteiger partial charge in [-0.3, -0.25) is 0 Å². The molecule has 1 aliphatic rings. The summed E-state index contributed by atoms with van der Waals surface area (Å²) < 4.78 is 48.2. The van der Waals surface area contributed by atoms with Gasteiger partial charge in [-0.2, -0.15) is 4.31 Å². The Morgan fingerprint density at radius 3 is 2.12 bits per heavy atom. The van der Waals surface area contributed by atoms with Gasteiger partial charge in [-0.15, -0.1) is 0 Å². The van der Waals surface area contributed by atoms with Crippen LogP contribution in [0.4, 0.5) is 0 Å². The minimum Gasteiger partial charge on any atom is -0.228 e. The monoisotopic (exact) mass is 283 g/mol. The Labute approximate surface area is 104 Å². The second-order valence-electron chi connectivity index (χ2n) is 4.98. The maximum Gasteiger partial charge on any atom is 0.214 e. The molecule has 0 spiro atoms. The Balaban J connectivity index is 2.58. The number of rotatable bonds is 6. The highest BCUT2D eigenvalue weighted by Crippen LogP contribution is 2.22. The Bertz CT molecular complexity index is 447. The van der Waals surface area contributed by atoms with Gasteiger partial charge >= 0.3 is 0 Å². The van der Waals surface area contributed by atoms with Gasteiger partial charge in [0.2, 0.25) is 10.0 Å². The Morgan fingerprint density at radius 2 is 1.71 bits per heavy atom. The highest BCUT2D eigenvalue weighted by molar-refractivity contribution is 7.92. The molecule has 0 atom stereocenters. The average molecular weight is 283 g/mol. The Morgan fingerprint density at radius 1 is 1.18 bits per heavy atom. The third kappa shape index (κ3) is 3.66. The van der Waals surface area contributed by atoms with Crippen molar-refractivity contribution in [3.63, 3.8) is 0 Å². The number of hydrogen-bond acceptors (Lipinski definition) is 4. The van der Waals surface area contributed by atoms with Gasteiger partial charge in [-0.1, -0.05) is 20.8 Å². The summed E-state index contributed by atoms with van der Waals surface area (Å²) in [5.41, 5.74) is 0. The molecule has 1 rings (SSSR count). The highest BCUT2D eigenvalue weighted by atomic mass is 32.2. The lowest BCUT2D eigenvalue weighted by Crippen LogP contribution is -2.57. The Hall–Kier alpha value is -0.140. The number of sulfone groups is 1. The summed E-state index contributed by atoms with van der Waals surface area (Å²) in [6, 6.07) is 0.